The number of nitrogens with two attached hydrogens (primary N) is 1. The second kappa shape index (κ2) is 4.45. The summed E-state index contributed by atoms with van der Waals surface area (Å²) >= 11 is 10.2. The van der Waals surface area contributed by atoms with E-state index in [1.54, 1.807) is 11.3 Å². The number of fused-ring (bicyclic) bond motifs is 1. The van der Waals surface area contributed by atoms with Gasteiger partial charge in [0.1, 0.15) is 11.3 Å². The number of nitrogens with one attached hydrogen (secondary N) is 2. The molecule has 0 aliphatic heterocycles. The van der Waals surface area contributed by atoms with E-state index in [0.717, 1.165) is 22.2 Å². The molecule has 5 nitrogen and oxygen atoms in total. The van der Waals surface area contributed by atoms with Crippen LogP contribution in [0.15, 0.2) is 15.9 Å². The lowest BCUT2D eigenvalue weighted by Crippen LogP contribution is -1.94. The Morgan fingerprint density at radius 2 is 2.22 bits per heavy atom. The van der Waals surface area contributed by atoms with Crippen molar-refractivity contribution in [1.29, 1.82) is 0 Å². The Morgan fingerprint density at radius 1 is 1.39 bits per heavy atom. The normalized spacial score (nSPS) is 11.2. The van der Waals surface area contributed by atoms with Crippen molar-refractivity contribution < 1.29 is 0 Å². The van der Waals surface area contributed by atoms with E-state index in [1.165, 1.54) is 4.88 Å². The van der Waals surface area contributed by atoms with Crippen molar-refractivity contribution >= 4 is 56.6 Å². The summed E-state index contributed by atoms with van der Waals surface area (Å²) in [5, 5.41) is 2.04. The van der Waals surface area contributed by atoms with Gasteiger partial charge in [0.05, 0.1) is 0 Å². The summed E-state index contributed by atoms with van der Waals surface area (Å²) in [5.74, 6) is 1.12. The minimum absolute atomic E-state index is 0.282. The Labute approximate surface area is 120 Å². The van der Waals surface area contributed by atoms with Crippen molar-refractivity contribution in [1.82, 2.24) is 19.9 Å². The molecule has 0 aliphatic rings. The van der Waals surface area contributed by atoms with Crippen molar-refractivity contribution in [2.75, 3.05) is 5.73 Å². The molecule has 0 aliphatic carbocycles. The van der Waals surface area contributed by atoms with E-state index >= 15 is 0 Å². The summed E-state index contributed by atoms with van der Waals surface area (Å²) in [4.78, 5) is 15.7. The van der Waals surface area contributed by atoms with Crippen LogP contribution in [0, 0.1) is 4.64 Å². The fourth-order valence-electron chi connectivity index (χ4n) is 1.68. The number of imidazole rings is 1. The quantitative estimate of drug-likeness (QED) is 0.625. The minimum Gasteiger partial charge on any atom is -0.369 e. The summed E-state index contributed by atoms with van der Waals surface area (Å²) in [7, 11) is 0. The Kier molecular flexibility index (Phi) is 2.92. The third-order valence-corrected chi connectivity index (χ3v) is 4.39. The fraction of sp³-hybridized carbons (Fsp3) is 0.100. The maximum Gasteiger partial charge on any atom is 0.200 e. The summed E-state index contributed by atoms with van der Waals surface area (Å²) in [6, 6.07) is 2.07. The summed E-state index contributed by atoms with van der Waals surface area (Å²) < 4.78 is 1.52. The molecule has 8 heteroatoms. The number of hydrogen-bond donors (Lipinski definition) is 3. The molecule has 0 fully saturated rings. The van der Waals surface area contributed by atoms with Crippen LogP contribution in [0.2, 0.25) is 0 Å². The highest BCUT2D eigenvalue weighted by atomic mass is 79.9. The van der Waals surface area contributed by atoms with Gasteiger partial charge in [-0.25, -0.2) is 9.97 Å². The van der Waals surface area contributed by atoms with E-state index in [4.69, 9.17) is 18.0 Å². The zero-order valence-electron chi connectivity index (χ0n) is 9.03. The molecule has 0 unspecified atom stereocenters. The van der Waals surface area contributed by atoms with Crippen LogP contribution in [0.25, 0.3) is 11.2 Å². The lowest BCUT2D eigenvalue weighted by Gasteiger charge is -1.91. The molecule has 18 heavy (non-hydrogen) atoms. The monoisotopic (exact) mass is 341 g/mol. The average molecular weight is 342 g/mol. The zero-order chi connectivity index (χ0) is 12.7. The van der Waals surface area contributed by atoms with E-state index in [2.05, 4.69) is 41.9 Å². The minimum atomic E-state index is 0.282. The second-order valence-corrected chi connectivity index (χ2v) is 6.04. The first-order valence-corrected chi connectivity index (χ1v) is 7.17. The first-order chi connectivity index (χ1) is 8.61. The van der Waals surface area contributed by atoms with Crippen molar-refractivity contribution in [3.8, 4) is 0 Å². The molecule has 0 bridgehead atoms. The Bertz CT molecular complexity index is 772. The largest absolute Gasteiger partial charge is 0.369 e. The third kappa shape index (κ3) is 2.18. The number of rotatable bonds is 2. The number of H-pyrrole nitrogens is 2. The van der Waals surface area contributed by atoms with Crippen LogP contribution in [0.5, 0.6) is 0 Å². The van der Waals surface area contributed by atoms with Gasteiger partial charge in [0.25, 0.3) is 0 Å². The highest BCUT2D eigenvalue weighted by molar-refractivity contribution is 9.10. The van der Waals surface area contributed by atoms with Crippen LogP contribution in [0.4, 0.5) is 5.95 Å². The van der Waals surface area contributed by atoms with Crippen LogP contribution in [-0.4, -0.2) is 19.9 Å². The first-order valence-electron chi connectivity index (χ1n) is 5.09. The van der Waals surface area contributed by atoms with Crippen molar-refractivity contribution in [2.24, 2.45) is 0 Å². The molecule has 0 spiro atoms. The highest BCUT2D eigenvalue weighted by Gasteiger charge is 2.08. The van der Waals surface area contributed by atoms with Gasteiger partial charge in [0, 0.05) is 21.2 Å². The first kappa shape index (κ1) is 11.8. The van der Waals surface area contributed by atoms with Crippen molar-refractivity contribution in [3.05, 3.63) is 31.3 Å². The number of hydrogen-bond acceptors (Lipinski definition) is 5. The van der Waals surface area contributed by atoms with Gasteiger partial charge >= 0.3 is 0 Å². The molecular formula is C10H8BrN5S2. The lowest BCUT2D eigenvalue weighted by molar-refractivity contribution is 1.05. The molecule has 0 radical (unpaired) electrons. The summed E-state index contributed by atoms with van der Waals surface area (Å²) in [6.45, 7) is 0. The molecule has 92 valence electrons. The van der Waals surface area contributed by atoms with E-state index in [-0.39, 0.29) is 5.95 Å². The van der Waals surface area contributed by atoms with Gasteiger partial charge in [-0.15, -0.1) is 11.3 Å². The number of anilines is 1. The van der Waals surface area contributed by atoms with Crippen molar-refractivity contribution in [3.63, 3.8) is 0 Å². The van der Waals surface area contributed by atoms with Gasteiger partial charge < -0.3 is 15.7 Å². The second-order valence-electron chi connectivity index (χ2n) is 3.74. The van der Waals surface area contributed by atoms with E-state index in [9.17, 15) is 0 Å². The lowest BCUT2D eigenvalue weighted by atomic mass is 10.3. The molecule has 0 amide bonds. The van der Waals surface area contributed by atoms with Crippen LogP contribution in [0.1, 0.15) is 10.7 Å². The molecule has 0 aromatic carbocycles. The summed E-state index contributed by atoms with van der Waals surface area (Å²) in [6.07, 6.45) is 0.730. The van der Waals surface area contributed by atoms with Gasteiger partial charge in [0.15, 0.2) is 10.3 Å². The van der Waals surface area contributed by atoms with Gasteiger partial charge in [-0.3, -0.25) is 0 Å². The van der Waals surface area contributed by atoms with Gasteiger partial charge in [0.2, 0.25) is 5.95 Å². The molecule has 0 saturated carbocycles. The molecule has 3 heterocycles. The molecule has 0 atom stereocenters. The number of halogens is 1. The molecular weight excluding hydrogens is 334 g/mol. The third-order valence-electron chi connectivity index (χ3n) is 2.40. The number of aromatic nitrogens is 4. The average Bonchev–Trinajstić information content (AvgIpc) is 2.85. The Balaban J connectivity index is 2.03. The predicted octanol–water partition coefficient (Wildman–Crippen LogP) is 3.01. The SMILES string of the molecule is Nc1nc(=S)c2[nH]c(Cc3cc(Br)cs3)nc2[nH]1. The maximum absolute atomic E-state index is 5.60. The summed E-state index contributed by atoms with van der Waals surface area (Å²) in [5.41, 5.74) is 6.98. The van der Waals surface area contributed by atoms with Gasteiger partial charge in [-0.05, 0) is 22.0 Å². The Hall–Kier alpha value is -1.25. The number of nitrogens with zero attached hydrogens (tertiary/aromatic N) is 2. The van der Waals surface area contributed by atoms with E-state index < -0.39 is 0 Å². The van der Waals surface area contributed by atoms with Gasteiger partial charge in [-0.1, -0.05) is 12.2 Å². The van der Waals surface area contributed by atoms with Crippen LogP contribution in [0.3, 0.4) is 0 Å². The van der Waals surface area contributed by atoms with Crippen molar-refractivity contribution in [2.45, 2.75) is 6.42 Å². The Morgan fingerprint density at radius 3 is 2.94 bits per heavy atom. The van der Waals surface area contributed by atoms with Crippen LogP contribution in [-0.2, 0) is 6.42 Å². The molecule has 4 N–H and O–H groups in total. The maximum atomic E-state index is 5.60. The number of thiophene rings is 1. The van der Waals surface area contributed by atoms with Crippen LogP contribution >= 0.6 is 39.5 Å². The van der Waals surface area contributed by atoms with E-state index in [1.807, 2.05) is 5.38 Å². The zero-order valence-corrected chi connectivity index (χ0v) is 12.2. The molecule has 3 rings (SSSR count). The fourth-order valence-corrected chi connectivity index (χ4v) is 3.38. The topological polar surface area (TPSA) is 83.4 Å². The molecule has 0 saturated heterocycles. The number of nitrogen functional groups attached to an aromatic ring is 1. The molecule has 3 aromatic heterocycles. The standard InChI is InChI=1S/C10H8BrN5S2/c11-4-1-5(18-3-4)2-6-13-7-8(14-6)15-10(12)16-9(7)17/h1,3H,2H2,(H4,12,13,14,15,16,17). The van der Waals surface area contributed by atoms with Gasteiger partial charge in [-0.2, -0.15) is 0 Å². The number of aromatic amines is 2. The highest BCUT2D eigenvalue weighted by Crippen LogP contribution is 2.22. The molecule has 3 aromatic rings. The van der Waals surface area contributed by atoms with Crippen LogP contribution < -0.4 is 5.73 Å². The smallest absolute Gasteiger partial charge is 0.200 e. The predicted molar refractivity (Wildman–Crippen MR) is 78.3 cm³/mol. The van der Waals surface area contributed by atoms with E-state index in [0.29, 0.717) is 10.3 Å².